The van der Waals surface area contributed by atoms with Gasteiger partial charge in [-0.05, 0) is 44.2 Å². The molecule has 0 bridgehead atoms. The molecule has 1 amide bonds. The summed E-state index contributed by atoms with van der Waals surface area (Å²) >= 11 is 0. The molecule has 0 aromatic carbocycles. The number of carboxylic acid groups (broad SMARTS) is 1. The summed E-state index contributed by atoms with van der Waals surface area (Å²) in [5.41, 5.74) is 6.51. The fourth-order valence-electron chi connectivity index (χ4n) is 2.77. The highest BCUT2D eigenvalue weighted by atomic mass is 19.4. The number of aromatic nitrogens is 1. The minimum Gasteiger partial charge on any atom is -0.475 e. The van der Waals surface area contributed by atoms with Crippen LogP contribution in [-0.2, 0) is 9.59 Å². The maximum absolute atomic E-state index is 12.3. The average molecular weight is 440 g/mol. The number of anilines is 1. The number of alkyl halides is 3. The Hall–Kier alpha value is -3.38. The van der Waals surface area contributed by atoms with Crippen LogP contribution in [0.2, 0.25) is 0 Å². The summed E-state index contributed by atoms with van der Waals surface area (Å²) < 4.78 is 31.7. The van der Waals surface area contributed by atoms with Crippen LogP contribution in [0.15, 0.2) is 18.3 Å². The molecule has 1 aliphatic heterocycles. The van der Waals surface area contributed by atoms with Crippen molar-refractivity contribution in [1.82, 2.24) is 9.88 Å². The van der Waals surface area contributed by atoms with Crippen LogP contribution in [0.3, 0.4) is 0 Å². The van der Waals surface area contributed by atoms with Gasteiger partial charge in [-0.15, -0.1) is 0 Å². The molecule has 1 saturated heterocycles. The van der Waals surface area contributed by atoms with Gasteiger partial charge in [0, 0.05) is 19.3 Å². The highest BCUT2D eigenvalue weighted by Gasteiger charge is 2.38. The summed E-state index contributed by atoms with van der Waals surface area (Å²) in [7, 11) is 0. The van der Waals surface area contributed by atoms with Crippen LogP contribution in [-0.4, -0.2) is 58.2 Å². The zero-order valence-corrected chi connectivity index (χ0v) is 16.6. The molecule has 0 radical (unpaired) electrons. The van der Waals surface area contributed by atoms with Gasteiger partial charge in [0.15, 0.2) is 0 Å². The van der Waals surface area contributed by atoms with Crippen LogP contribution in [0, 0.1) is 22.7 Å². The number of aliphatic carboxylic acids is 1. The van der Waals surface area contributed by atoms with E-state index in [0.29, 0.717) is 18.5 Å². The van der Waals surface area contributed by atoms with E-state index in [1.807, 2.05) is 6.07 Å². The zero-order chi connectivity index (χ0) is 23.4. The number of unbranched alkanes of at least 4 members (excludes halogenated alkanes) is 1. The molecule has 2 heterocycles. The molecule has 1 aromatic heterocycles. The van der Waals surface area contributed by atoms with Gasteiger partial charge < -0.3 is 21.1 Å². The van der Waals surface area contributed by atoms with Crippen molar-refractivity contribution in [3.63, 3.8) is 0 Å². The molecule has 2 rings (SSSR count). The molecule has 4 N–H and O–H groups in total. The summed E-state index contributed by atoms with van der Waals surface area (Å²) in [6.45, 7) is 1.36. The minimum atomic E-state index is -5.08. The second kappa shape index (κ2) is 12.3. The molecule has 31 heavy (non-hydrogen) atoms. The van der Waals surface area contributed by atoms with Gasteiger partial charge in [0.2, 0.25) is 5.91 Å². The van der Waals surface area contributed by atoms with Crippen molar-refractivity contribution < 1.29 is 27.9 Å². The molecule has 0 spiro atoms. The van der Waals surface area contributed by atoms with Gasteiger partial charge >= 0.3 is 12.1 Å². The largest absolute Gasteiger partial charge is 0.490 e. The number of carbonyl (C=O) groups is 2. The van der Waals surface area contributed by atoms with Crippen LogP contribution in [0.25, 0.3) is 0 Å². The number of nitrogens with two attached hydrogens (primary N) is 1. The molecule has 12 heteroatoms. The fraction of sp³-hybridized carbons (Fsp3) is 0.526. The number of rotatable bonds is 7. The smallest absolute Gasteiger partial charge is 0.475 e. The summed E-state index contributed by atoms with van der Waals surface area (Å²) in [4.78, 5) is 26.9. The number of amides is 1. The van der Waals surface area contributed by atoms with E-state index in [1.54, 1.807) is 17.0 Å². The van der Waals surface area contributed by atoms with Crippen LogP contribution in [0.5, 0.6) is 0 Å². The van der Waals surface area contributed by atoms with Crippen molar-refractivity contribution in [2.24, 2.45) is 5.73 Å². The Balaban J connectivity index is 0.000000592. The van der Waals surface area contributed by atoms with Crippen molar-refractivity contribution in [1.29, 1.82) is 10.5 Å². The highest BCUT2D eigenvalue weighted by molar-refractivity contribution is 5.82. The molecular weight excluding hydrogens is 417 g/mol. The van der Waals surface area contributed by atoms with Gasteiger partial charge in [-0.2, -0.15) is 23.7 Å². The predicted molar refractivity (Wildman–Crippen MR) is 103 cm³/mol. The number of hydrogen-bond donors (Lipinski definition) is 3. The molecule has 0 unspecified atom stereocenters. The van der Waals surface area contributed by atoms with E-state index in [1.165, 1.54) is 6.20 Å². The highest BCUT2D eigenvalue weighted by Crippen LogP contribution is 2.18. The monoisotopic (exact) mass is 440 g/mol. The topological polar surface area (TPSA) is 156 Å². The molecule has 168 valence electrons. The number of halogens is 3. The van der Waals surface area contributed by atoms with Crippen molar-refractivity contribution in [2.75, 3.05) is 18.4 Å². The Morgan fingerprint density at radius 2 is 2.03 bits per heavy atom. The quantitative estimate of drug-likeness (QED) is 0.544. The van der Waals surface area contributed by atoms with Crippen molar-refractivity contribution in [3.05, 3.63) is 23.9 Å². The first kappa shape index (κ1) is 25.7. The van der Waals surface area contributed by atoms with Crippen LogP contribution >= 0.6 is 0 Å². The standard InChI is InChI=1S/C17H22N6O.C2HF3O2/c18-10-13-6-7-16(22-12-13)21-8-2-1-5-15(20)17(24)23-9-3-4-14(23)11-19;3-2(4,5)1(6)7/h6-7,12,14-15H,1-5,8-9,20H2,(H,21,22);(H,6,7)/t14-,15-;/m0./s1. The Morgan fingerprint density at radius 1 is 1.35 bits per heavy atom. The van der Waals surface area contributed by atoms with Crippen LogP contribution in [0.4, 0.5) is 19.0 Å². The molecular formula is C19H23F3N6O3. The molecule has 2 atom stereocenters. The van der Waals surface area contributed by atoms with Crippen LogP contribution in [0.1, 0.15) is 37.7 Å². The Labute approximate surface area is 177 Å². The second-order valence-corrected chi connectivity index (χ2v) is 6.69. The average Bonchev–Trinajstić information content (AvgIpc) is 3.21. The lowest BCUT2D eigenvalue weighted by Crippen LogP contribution is -2.45. The molecule has 9 nitrogen and oxygen atoms in total. The van der Waals surface area contributed by atoms with Gasteiger partial charge in [-0.25, -0.2) is 9.78 Å². The number of nitrogens with one attached hydrogen (secondary N) is 1. The first-order valence-corrected chi connectivity index (χ1v) is 9.46. The van der Waals surface area contributed by atoms with E-state index in [-0.39, 0.29) is 11.9 Å². The lowest BCUT2D eigenvalue weighted by atomic mass is 10.1. The van der Waals surface area contributed by atoms with Gasteiger partial charge in [0.1, 0.15) is 17.9 Å². The lowest BCUT2D eigenvalue weighted by molar-refractivity contribution is -0.192. The summed E-state index contributed by atoms with van der Waals surface area (Å²) in [6.07, 6.45) is 0.356. The normalized spacial score (nSPS) is 16.3. The third-order valence-electron chi connectivity index (χ3n) is 4.39. The number of carboxylic acids is 1. The first-order chi connectivity index (χ1) is 14.6. The number of nitrogens with zero attached hydrogens (tertiary/aromatic N) is 4. The predicted octanol–water partition coefficient (Wildman–Crippen LogP) is 2.01. The number of nitriles is 2. The van der Waals surface area contributed by atoms with Gasteiger partial charge in [0.05, 0.1) is 17.7 Å². The van der Waals surface area contributed by atoms with Crippen molar-refractivity contribution in [3.8, 4) is 12.1 Å². The molecule has 0 aliphatic carbocycles. The van der Waals surface area contributed by atoms with Crippen molar-refractivity contribution in [2.45, 2.75) is 50.4 Å². The number of pyridine rings is 1. The molecule has 0 saturated carbocycles. The van der Waals surface area contributed by atoms with E-state index in [4.69, 9.17) is 26.2 Å². The van der Waals surface area contributed by atoms with Gasteiger partial charge in [0.25, 0.3) is 0 Å². The van der Waals surface area contributed by atoms with Gasteiger partial charge in [-0.3, -0.25) is 4.79 Å². The molecule has 1 aliphatic rings. The summed E-state index contributed by atoms with van der Waals surface area (Å²) in [6, 6.07) is 6.82. The van der Waals surface area contributed by atoms with Crippen LogP contribution < -0.4 is 11.1 Å². The van der Waals surface area contributed by atoms with Gasteiger partial charge in [-0.1, -0.05) is 0 Å². The number of carbonyl (C=O) groups excluding carboxylic acids is 1. The maximum atomic E-state index is 12.3. The number of hydrogen-bond acceptors (Lipinski definition) is 7. The third kappa shape index (κ3) is 8.88. The molecule has 1 aromatic rings. The summed E-state index contributed by atoms with van der Waals surface area (Å²) in [5, 5.41) is 28.0. The number of likely N-dealkylation sites (tertiary alicyclic amines) is 1. The van der Waals surface area contributed by atoms with Crippen molar-refractivity contribution >= 4 is 17.7 Å². The Kier molecular flexibility index (Phi) is 10.2. The second-order valence-electron chi connectivity index (χ2n) is 6.69. The third-order valence-corrected chi connectivity index (χ3v) is 4.39. The lowest BCUT2D eigenvalue weighted by Gasteiger charge is -2.23. The molecule has 1 fully saturated rings. The Morgan fingerprint density at radius 3 is 2.55 bits per heavy atom. The zero-order valence-electron chi connectivity index (χ0n) is 16.6. The van der Waals surface area contributed by atoms with E-state index in [9.17, 15) is 18.0 Å². The minimum absolute atomic E-state index is 0.110. The first-order valence-electron chi connectivity index (χ1n) is 9.46. The SMILES string of the molecule is N#Cc1ccc(NCCCC[C@H](N)C(=O)N2CCC[C@H]2C#N)nc1.O=C(O)C(F)(F)F. The van der Waals surface area contributed by atoms with E-state index in [2.05, 4.69) is 16.4 Å². The summed E-state index contributed by atoms with van der Waals surface area (Å²) in [5.74, 6) is -2.14. The van der Waals surface area contributed by atoms with E-state index >= 15 is 0 Å². The maximum Gasteiger partial charge on any atom is 0.490 e. The Bertz CT molecular complexity index is 817. The fourth-order valence-corrected chi connectivity index (χ4v) is 2.77. The van der Waals surface area contributed by atoms with E-state index in [0.717, 1.165) is 38.0 Å². The van der Waals surface area contributed by atoms with E-state index < -0.39 is 18.2 Å².